The monoisotopic (exact) mass is 506 g/mol. The molecule has 0 saturated heterocycles. The SMILES string of the molecule is CCCCCCc1[c]sc(Br)c1.CCCCCCc1[c]sc(CP(=O)(O)O)c1. The predicted molar refractivity (Wildman–Crippen MR) is 125 cm³/mol. The van der Waals surface area contributed by atoms with Crippen molar-refractivity contribution in [2.24, 2.45) is 0 Å². The lowest BCUT2D eigenvalue weighted by Gasteiger charge is -1.99. The zero-order chi connectivity index (χ0) is 20.8. The van der Waals surface area contributed by atoms with Crippen LogP contribution in [0.2, 0.25) is 0 Å². The van der Waals surface area contributed by atoms with Gasteiger partial charge in [-0.05, 0) is 64.9 Å². The van der Waals surface area contributed by atoms with Gasteiger partial charge in [-0.2, -0.15) is 0 Å². The van der Waals surface area contributed by atoms with Crippen molar-refractivity contribution in [1.29, 1.82) is 0 Å². The third kappa shape index (κ3) is 13.3. The van der Waals surface area contributed by atoms with Gasteiger partial charge in [-0.3, -0.25) is 4.57 Å². The Hall–Kier alpha value is 0.0300. The first-order chi connectivity index (χ1) is 13.3. The van der Waals surface area contributed by atoms with E-state index in [1.807, 2.05) is 6.07 Å². The van der Waals surface area contributed by atoms with E-state index in [0.717, 1.165) is 23.3 Å². The molecule has 2 heterocycles. The molecule has 2 aromatic heterocycles. The van der Waals surface area contributed by atoms with E-state index in [0.29, 0.717) is 0 Å². The van der Waals surface area contributed by atoms with Crippen LogP contribution in [0.5, 0.6) is 0 Å². The molecule has 0 amide bonds. The zero-order valence-corrected chi connectivity index (χ0v) is 21.0. The predicted octanol–water partition coefficient (Wildman–Crippen LogP) is 7.78. The maximum absolute atomic E-state index is 10.8. The van der Waals surface area contributed by atoms with Crippen molar-refractivity contribution in [3.8, 4) is 0 Å². The van der Waals surface area contributed by atoms with E-state index in [2.05, 4.69) is 46.6 Å². The molecular formula is C21H32BrO3PS2. The van der Waals surface area contributed by atoms with Gasteiger partial charge in [0, 0.05) is 15.6 Å². The lowest BCUT2D eigenvalue weighted by Crippen LogP contribution is -1.84. The van der Waals surface area contributed by atoms with E-state index in [9.17, 15) is 4.57 Å². The maximum Gasteiger partial charge on any atom is 0.330 e. The second-order valence-corrected chi connectivity index (χ2v) is 11.8. The largest absolute Gasteiger partial charge is 0.330 e. The lowest BCUT2D eigenvalue weighted by atomic mass is 10.1. The van der Waals surface area contributed by atoms with Crippen LogP contribution in [0.4, 0.5) is 0 Å². The fourth-order valence-electron chi connectivity index (χ4n) is 2.71. The van der Waals surface area contributed by atoms with E-state index in [-0.39, 0.29) is 6.16 Å². The molecule has 0 aliphatic heterocycles. The summed E-state index contributed by atoms with van der Waals surface area (Å²) in [7, 11) is -3.92. The quantitative estimate of drug-likeness (QED) is 0.228. The molecule has 2 N–H and O–H groups in total. The third-order valence-electron chi connectivity index (χ3n) is 4.18. The number of hydrogen-bond acceptors (Lipinski definition) is 3. The van der Waals surface area contributed by atoms with Crippen LogP contribution in [-0.4, -0.2) is 9.79 Å². The summed E-state index contributed by atoms with van der Waals surface area (Å²) in [6.45, 7) is 4.42. The summed E-state index contributed by atoms with van der Waals surface area (Å²) in [4.78, 5) is 18.4. The van der Waals surface area contributed by atoms with Gasteiger partial charge in [-0.15, -0.1) is 22.7 Å². The molecule has 0 aliphatic rings. The van der Waals surface area contributed by atoms with E-state index in [1.54, 1.807) is 11.3 Å². The van der Waals surface area contributed by atoms with Crippen LogP contribution in [-0.2, 0) is 23.6 Å². The molecule has 3 nitrogen and oxygen atoms in total. The van der Waals surface area contributed by atoms with Crippen LogP contribution in [0.3, 0.4) is 0 Å². The molecule has 0 aromatic carbocycles. The molecule has 2 radical (unpaired) electrons. The van der Waals surface area contributed by atoms with Gasteiger partial charge in [0.25, 0.3) is 0 Å². The van der Waals surface area contributed by atoms with Gasteiger partial charge in [0.15, 0.2) is 0 Å². The molecule has 0 atom stereocenters. The fraction of sp³-hybridized carbons (Fsp3) is 0.619. The van der Waals surface area contributed by atoms with Crippen molar-refractivity contribution in [3.63, 3.8) is 0 Å². The van der Waals surface area contributed by atoms with Crippen molar-refractivity contribution < 1.29 is 14.4 Å². The van der Waals surface area contributed by atoms with Crippen LogP contribution in [0.15, 0.2) is 15.9 Å². The zero-order valence-electron chi connectivity index (χ0n) is 16.9. The smallest absolute Gasteiger partial charge is 0.324 e. The Morgan fingerprint density at radius 1 is 0.893 bits per heavy atom. The Morgan fingerprint density at radius 3 is 1.89 bits per heavy atom. The van der Waals surface area contributed by atoms with Gasteiger partial charge in [0.2, 0.25) is 0 Å². The number of aryl methyl sites for hydroxylation is 2. The molecule has 158 valence electrons. The highest BCUT2D eigenvalue weighted by atomic mass is 79.9. The molecule has 0 aliphatic carbocycles. The molecule has 0 fully saturated rings. The van der Waals surface area contributed by atoms with Gasteiger partial charge in [0.05, 0.1) is 9.95 Å². The summed E-state index contributed by atoms with van der Waals surface area (Å²) in [6, 6.07) is 4.05. The summed E-state index contributed by atoms with van der Waals surface area (Å²) >= 11 is 6.42. The Kier molecular flexibility index (Phi) is 13.9. The molecule has 0 unspecified atom stereocenters. The first-order valence-electron chi connectivity index (χ1n) is 10.0. The third-order valence-corrected chi connectivity index (χ3v) is 7.42. The van der Waals surface area contributed by atoms with Gasteiger partial charge in [0.1, 0.15) is 0 Å². The van der Waals surface area contributed by atoms with Gasteiger partial charge >= 0.3 is 7.60 Å². The molecule has 2 rings (SSSR count). The van der Waals surface area contributed by atoms with Crippen LogP contribution in [0.1, 0.15) is 81.2 Å². The summed E-state index contributed by atoms with van der Waals surface area (Å²) in [5.41, 5.74) is 2.45. The maximum atomic E-state index is 10.8. The number of thiophene rings is 2. The van der Waals surface area contributed by atoms with Crippen molar-refractivity contribution >= 4 is 46.2 Å². The molecular weight excluding hydrogens is 475 g/mol. The van der Waals surface area contributed by atoms with E-state index < -0.39 is 7.60 Å². The molecule has 0 spiro atoms. The topological polar surface area (TPSA) is 57.5 Å². The highest BCUT2D eigenvalue weighted by Crippen LogP contribution is 2.40. The Bertz CT molecular complexity index is 693. The lowest BCUT2D eigenvalue weighted by molar-refractivity contribution is 0.372. The van der Waals surface area contributed by atoms with Gasteiger partial charge < -0.3 is 9.79 Å². The molecule has 28 heavy (non-hydrogen) atoms. The van der Waals surface area contributed by atoms with E-state index >= 15 is 0 Å². The highest BCUT2D eigenvalue weighted by Gasteiger charge is 2.15. The Labute approximate surface area is 186 Å². The minimum atomic E-state index is -3.92. The Morgan fingerprint density at radius 2 is 1.43 bits per heavy atom. The second kappa shape index (κ2) is 14.9. The number of unbranched alkanes of at least 4 members (excludes halogenated alkanes) is 6. The summed E-state index contributed by atoms with van der Waals surface area (Å²) in [6.07, 6.45) is 12.2. The number of hydrogen-bond donors (Lipinski definition) is 2. The normalized spacial score (nSPS) is 11.3. The van der Waals surface area contributed by atoms with Crippen molar-refractivity contribution in [2.75, 3.05) is 0 Å². The van der Waals surface area contributed by atoms with E-state index in [4.69, 9.17) is 9.79 Å². The van der Waals surface area contributed by atoms with Crippen molar-refractivity contribution in [2.45, 2.75) is 84.2 Å². The summed E-state index contributed by atoms with van der Waals surface area (Å²) in [5, 5.41) is 6.38. The van der Waals surface area contributed by atoms with Gasteiger partial charge in [-0.25, -0.2) is 0 Å². The average Bonchev–Trinajstić information content (AvgIpc) is 3.24. The van der Waals surface area contributed by atoms with Gasteiger partial charge in [-0.1, -0.05) is 52.4 Å². The highest BCUT2D eigenvalue weighted by molar-refractivity contribution is 9.11. The molecule has 7 heteroatoms. The minimum absolute atomic E-state index is 0.150. The molecule has 0 saturated carbocycles. The Balaban J connectivity index is 0.000000292. The summed E-state index contributed by atoms with van der Waals surface area (Å²) < 4.78 is 12.0. The van der Waals surface area contributed by atoms with Crippen molar-refractivity contribution in [1.82, 2.24) is 0 Å². The molecule has 0 bridgehead atoms. The van der Waals surface area contributed by atoms with Crippen molar-refractivity contribution in [3.05, 3.63) is 42.7 Å². The van der Waals surface area contributed by atoms with Crippen LogP contribution >= 0.6 is 46.2 Å². The second-order valence-electron chi connectivity index (χ2n) is 6.96. The standard InChI is InChI=1S/C11H18O3PS.C10H14BrS/c1-2-3-4-5-6-10-7-11(16-9-10)8-15(12,13)14;1-2-3-4-5-6-9-7-10(11)12-8-9/h7H,2-6,8H2,1H3,(H2,12,13,14);7H,2-6H2,1H3. The van der Waals surface area contributed by atoms with Crippen LogP contribution < -0.4 is 0 Å². The summed E-state index contributed by atoms with van der Waals surface area (Å²) in [5.74, 6) is 0. The fourth-order valence-corrected chi connectivity index (χ4v) is 5.70. The van der Waals surface area contributed by atoms with Crippen LogP contribution in [0, 0.1) is 10.8 Å². The minimum Gasteiger partial charge on any atom is -0.324 e. The van der Waals surface area contributed by atoms with E-state index in [1.165, 1.54) is 72.1 Å². The first kappa shape index (κ1) is 26.1. The first-order valence-corrected chi connectivity index (χ1v) is 14.3. The molecule has 2 aromatic rings. The number of halogens is 1. The van der Waals surface area contributed by atoms with Crippen LogP contribution in [0.25, 0.3) is 0 Å². The average molecular weight is 507 g/mol. The number of rotatable bonds is 12.